The predicted octanol–water partition coefficient (Wildman–Crippen LogP) is 1.59. The molecule has 0 spiro atoms. The van der Waals surface area contributed by atoms with Crippen molar-refractivity contribution in [3.05, 3.63) is 34.9 Å². The van der Waals surface area contributed by atoms with Crippen LogP contribution in [0.15, 0.2) is 24.3 Å². The van der Waals surface area contributed by atoms with Gasteiger partial charge in [-0.2, -0.15) is 0 Å². The summed E-state index contributed by atoms with van der Waals surface area (Å²) in [6.45, 7) is 0.746. The molecule has 1 N–H and O–H groups in total. The minimum atomic E-state index is -0.358. The number of ether oxygens (including phenoxy) is 1. The van der Waals surface area contributed by atoms with Crippen molar-refractivity contribution in [3.63, 3.8) is 0 Å². The Balaban J connectivity index is 1.94. The summed E-state index contributed by atoms with van der Waals surface area (Å²) in [5, 5.41) is 3.57. The standard InChI is InChI=1S/C15H19ClN2O3/c1-21-15(20)10-18(9-14(19)17-13-6-7-13)8-11-2-4-12(16)5-3-11/h2-5,13H,6-10H2,1H3,(H,17,19). The molecule has 0 aliphatic heterocycles. The van der Waals surface area contributed by atoms with Crippen LogP contribution in [0.2, 0.25) is 5.02 Å². The van der Waals surface area contributed by atoms with E-state index in [-0.39, 0.29) is 25.0 Å². The molecule has 6 heteroatoms. The van der Waals surface area contributed by atoms with Crippen molar-refractivity contribution in [2.45, 2.75) is 25.4 Å². The van der Waals surface area contributed by atoms with Crippen LogP contribution in [0.5, 0.6) is 0 Å². The molecular weight excluding hydrogens is 292 g/mol. The summed E-state index contributed by atoms with van der Waals surface area (Å²) >= 11 is 5.85. The van der Waals surface area contributed by atoms with Gasteiger partial charge in [0.15, 0.2) is 0 Å². The highest BCUT2D eigenvalue weighted by molar-refractivity contribution is 6.30. The van der Waals surface area contributed by atoms with Crippen molar-refractivity contribution in [1.82, 2.24) is 10.2 Å². The Kier molecular flexibility index (Phi) is 5.59. The van der Waals surface area contributed by atoms with Crippen LogP contribution in [0.25, 0.3) is 0 Å². The van der Waals surface area contributed by atoms with E-state index in [0.717, 1.165) is 18.4 Å². The molecule has 5 nitrogen and oxygen atoms in total. The first kappa shape index (κ1) is 15.8. The molecule has 0 heterocycles. The highest BCUT2D eigenvalue weighted by atomic mass is 35.5. The number of hydrogen-bond acceptors (Lipinski definition) is 4. The number of esters is 1. The molecule has 0 saturated heterocycles. The van der Waals surface area contributed by atoms with E-state index in [1.807, 2.05) is 12.1 Å². The molecule has 114 valence electrons. The first-order valence-electron chi connectivity index (χ1n) is 6.90. The van der Waals surface area contributed by atoms with E-state index in [4.69, 9.17) is 11.6 Å². The fourth-order valence-corrected chi connectivity index (χ4v) is 2.09. The summed E-state index contributed by atoms with van der Waals surface area (Å²) in [5.41, 5.74) is 0.988. The molecule has 0 radical (unpaired) electrons. The lowest BCUT2D eigenvalue weighted by atomic mass is 10.2. The van der Waals surface area contributed by atoms with Gasteiger partial charge in [-0.25, -0.2) is 0 Å². The zero-order valence-electron chi connectivity index (χ0n) is 12.0. The Bertz CT molecular complexity index is 500. The molecule has 0 bridgehead atoms. The van der Waals surface area contributed by atoms with Crippen LogP contribution in [0.4, 0.5) is 0 Å². The lowest BCUT2D eigenvalue weighted by molar-refractivity contribution is -0.142. The van der Waals surface area contributed by atoms with E-state index in [2.05, 4.69) is 10.1 Å². The Labute approximate surface area is 129 Å². The first-order chi connectivity index (χ1) is 10.1. The average Bonchev–Trinajstić information content (AvgIpc) is 3.24. The zero-order chi connectivity index (χ0) is 15.2. The highest BCUT2D eigenvalue weighted by Gasteiger charge is 2.24. The minimum Gasteiger partial charge on any atom is -0.468 e. The van der Waals surface area contributed by atoms with Crippen LogP contribution in [0.1, 0.15) is 18.4 Å². The minimum absolute atomic E-state index is 0.0598. The van der Waals surface area contributed by atoms with Crippen LogP contribution in [0, 0.1) is 0 Å². The van der Waals surface area contributed by atoms with Crippen molar-refractivity contribution in [2.24, 2.45) is 0 Å². The maximum Gasteiger partial charge on any atom is 0.319 e. The van der Waals surface area contributed by atoms with Crippen molar-refractivity contribution in [1.29, 1.82) is 0 Å². The van der Waals surface area contributed by atoms with E-state index >= 15 is 0 Å². The summed E-state index contributed by atoms with van der Waals surface area (Å²) < 4.78 is 4.68. The van der Waals surface area contributed by atoms with Gasteiger partial charge in [0.25, 0.3) is 0 Å². The normalized spacial score (nSPS) is 14.0. The fraction of sp³-hybridized carbons (Fsp3) is 0.467. The Morgan fingerprint density at radius 1 is 1.29 bits per heavy atom. The molecule has 1 aliphatic carbocycles. The predicted molar refractivity (Wildman–Crippen MR) is 79.9 cm³/mol. The molecular formula is C15H19ClN2O3. The average molecular weight is 311 g/mol. The number of nitrogens with zero attached hydrogens (tertiary/aromatic N) is 1. The molecule has 1 fully saturated rings. The summed E-state index contributed by atoms with van der Waals surface area (Å²) in [5.74, 6) is -0.418. The maximum atomic E-state index is 11.9. The van der Waals surface area contributed by atoms with Crippen molar-refractivity contribution in [3.8, 4) is 0 Å². The molecule has 21 heavy (non-hydrogen) atoms. The molecule has 1 aromatic carbocycles. The summed E-state index contributed by atoms with van der Waals surface area (Å²) in [7, 11) is 1.34. The second-order valence-corrected chi connectivity index (χ2v) is 5.63. The van der Waals surface area contributed by atoms with Crippen molar-refractivity contribution in [2.75, 3.05) is 20.2 Å². The monoisotopic (exact) mass is 310 g/mol. The smallest absolute Gasteiger partial charge is 0.319 e. The van der Waals surface area contributed by atoms with Crippen LogP contribution < -0.4 is 5.32 Å². The van der Waals surface area contributed by atoms with Gasteiger partial charge < -0.3 is 10.1 Å². The Hall–Kier alpha value is -1.59. The van der Waals surface area contributed by atoms with Crippen LogP contribution in [-0.2, 0) is 20.9 Å². The van der Waals surface area contributed by atoms with Crippen molar-refractivity contribution < 1.29 is 14.3 Å². The van der Waals surface area contributed by atoms with Crippen LogP contribution in [-0.4, -0.2) is 43.0 Å². The lowest BCUT2D eigenvalue weighted by Crippen LogP contribution is -2.40. The van der Waals surface area contributed by atoms with E-state index in [1.54, 1.807) is 17.0 Å². The van der Waals surface area contributed by atoms with Gasteiger partial charge in [0.1, 0.15) is 0 Å². The molecule has 1 aromatic rings. The largest absolute Gasteiger partial charge is 0.468 e. The molecule has 0 atom stereocenters. The summed E-state index contributed by atoms with van der Waals surface area (Å²) in [6.07, 6.45) is 2.08. The molecule has 1 saturated carbocycles. The summed E-state index contributed by atoms with van der Waals surface area (Å²) in [6, 6.07) is 7.65. The van der Waals surface area contributed by atoms with Gasteiger partial charge in [-0.3, -0.25) is 14.5 Å². The Morgan fingerprint density at radius 2 is 1.95 bits per heavy atom. The van der Waals surface area contributed by atoms with Gasteiger partial charge >= 0.3 is 5.97 Å². The number of amides is 1. The summed E-state index contributed by atoms with van der Waals surface area (Å²) in [4.78, 5) is 25.1. The third-order valence-corrected chi connectivity index (χ3v) is 3.46. The number of carbonyl (C=O) groups excluding carboxylic acids is 2. The number of rotatable bonds is 7. The van der Waals surface area contributed by atoms with E-state index in [9.17, 15) is 9.59 Å². The highest BCUT2D eigenvalue weighted by Crippen LogP contribution is 2.18. The molecule has 1 amide bonds. The molecule has 0 unspecified atom stereocenters. The van der Waals surface area contributed by atoms with Gasteiger partial charge in [-0.15, -0.1) is 0 Å². The molecule has 2 rings (SSSR count). The van der Waals surface area contributed by atoms with Gasteiger partial charge in [0.2, 0.25) is 5.91 Å². The van der Waals surface area contributed by atoms with Crippen molar-refractivity contribution >= 4 is 23.5 Å². The third-order valence-electron chi connectivity index (χ3n) is 3.21. The van der Waals surface area contributed by atoms with Gasteiger partial charge in [0.05, 0.1) is 20.2 Å². The second kappa shape index (κ2) is 7.43. The Morgan fingerprint density at radius 3 is 2.52 bits per heavy atom. The molecule has 0 aromatic heterocycles. The fourth-order valence-electron chi connectivity index (χ4n) is 1.97. The van der Waals surface area contributed by atoms with E-state index in [0.29, 0.717) is 17.6 Å². The zero-order valence-corrected chi connectivity index (χ0v) is 12.7. The number of methoxy groups -OCH3 is 1. The SMILES string of the molecule is COC(=O)CN(CC(=O)NC1CC1)Cc1ccc(Cl)cc1. The van der Waals surface area contributed by atoms with E-state index in [1.165, 1.54) is 7.11 Å². The first-order valence-corrected chi connectivity index (χ1v) is 7.27. The van der Waals surface area contributed by atoms with Gasteiger partial charge in [-0.1, -0.05) is 23.7 Å². The van der Waals surface area contributed by atoms with Crippen LogP contribution in [0.3, 0.4) is 0 Å². The lowest BCUT2D eigenvalue weighted by Gasteiger charge is -2.20. The van der Waals surface area contributed by atoms with Gasteiger partial charge in [0, 0.05) is 17.6 Å². The van der Waals surface area contributed by atoms with Crippen LogP contribution >= 0.6 is 11.6 Å². The third kappa shape index (κ3) is 5.73. The maximum absolute atomic E-state index is 11.9. The topological polar surface area (TPSA) is 58.6 Å². The quantitative estimate of drug-likeness (QED) is 0.777. The molecule has 1 aliphatic rings. The van der Waals surface area contributed by atoms with Gasteiger partial charge in [-0.05, 0) is 30.5 Å². The number of benzene rings is 1. The number of carbonyl (C=O) groups is 2. The second-order valence-electron chi connectivity index (χ2n) is 5.19. The van der Waals surface area contributed by atoms with E-state index < -0.39 is 0 Å². The number of nitrogens with one attached hydrogen (secondary N) is 1. The number of halogens is 1. The number of hydrogen-bond donors (Lipinski definition) is 1.